The standard InChI is InChI=1S/C12H15NO7S/c1-19-9(11(14)15)7-13-21(17,18)10-6-4-3-5-8(10)12(16)20-2/h3-6,9,13H,7H2,1-2H3,(H,14,15). The molecule has 1 aromatic rings. The van der Waals surface area contributed by atoms with Crippen LogP contribution in [0.1, 0.15) is 10.4 Å². The van der Waals surface area contributed by atoms with Crippen LogP contribution >= 0.6 is 0 Å². The van der Waals surface area contributed by atoms with Gasteiger partial charge in [0.2, 0.25) is 10.0 Å². The van der Waals surface area contributed by atoms with Crippen LogP contribution in [-0.4, -0.2) is 52.3 Å². The number of benzene rings is 1. The normalized spacial score (nSPS) is 12.7. The third-order valence-corrected chi connectivity index (χ3v) is 4.08. The second kappa shape index (κ2) is 7.16. The summed E-state index contributed by atoms with van der Waals surface area (Å²) in [5, 5.41) is 8.79. The highest BCUT2D eigenvalue weighted by Crippen LogP contribution is 2.16. The first-order chi connectivity index (χ1) is 9.83. The second-order valence-electron chi connectivity index (χ2n) is 3.90. The van der Waals surface area contributed by atoms with Crippen LogP contribution in [0.4, 0.5) is 0 Å². The van der Waals surface area contributed by atoms with Crippen LogP contribution in [-0.2, 0) is 24.3 Å². The summed E-state index contributed by atoms with van der Waals surface area (Å²) in [6.07, 6.45) is -1.33. The van der Waals surface area contributed by atoms with Crippen LogP contribution in [0.2, 0.25) is 0 Å². The number of nitrogens with one attached hydrogen (secondary N) is 1. The summed E-state index contributed by atoms with van der Waals surface area (Å²) in [6.45, 7) is -0.469. The van der Waals surface area contributed by atoms with Crippen molar-refractivity contribution >= 4 is 22.0 Å². The van der Waals surface area contributed by atoms with E-state index in [-0.39, 0.29) is 10.5 Å². The van der Waals surface area contributed by atoms with Crippen molar-refractivity contribution in [1.82, 2.24) is 4.72 Å². The zero-order chi connectivity index (χ0) is 16.0. The Kier molecular flexibility index (Phi) is 5.82. The summed E-state index contributed by atoms with van der Waals surface area (Å²) in [4.78, 5) is 22.0. The van der Waals surface area contributed by atoms with Crippen molar-refractivity contribution in [3.63, 3.8) is 0 Å². The van der Waals surface area contributed by atoms with Gasteiger partial charge < -0.3 is 14.6 Å². The van der Waals surface area contributed by atoms with Crippen molar-refractivity contribution in [2.75, 3.05) is 20.8 Å². The molecule has 0 aliphatic rings. The number of sulfonamides is 1. The Morgan fingerprint density at radius 1 is 1.29 bits per heavy atom. The molecule has 0 amide bonds. The maximum Gasteiger partial charge on any atom is 0.339 e. The molecule has 0 saturated heterocycles. The van der Waals surface area contributed by atoms with Gasteiger partial charge in [0, 0.05) is 13.7 Å². The van der Waals surface area contributed by atoms with E-state index in [0.29, 0.717) is 0 Å². The number of carbonyl (C=O) groups is 2. The number of carboxylic acids is 1. The maximum absolute atomic E-state index is 12.1. The molecule has 1 rings (SSSR count). The minimum Gasteiger partial charge on any atom is -0.479 e. The smallest absolute Gasteiger partial charge is 0.339 e. The first-order valence-corrected chi connectivity index (χ1v) is 7.24. The van der Waals surface area contributed by atoms with Gasteiger partial charge in [0.15, 0.2) is 6.10 Å². The third-order valence-electron chi connectivity index (χ3n) is 2.60. The fraction of sp³-hybridized carbons (Fsp3) is 0.333. The van der Waals surface area contributed by atoms with E-state index in [9.17, 15) is 18.0 Å². The molecule has 1 unspecified atom stereocenters. The average Bonchev–Trinajstić information content (AvgIpc) is 2.46. The molecule has 0 bridgehead atoms. The highest BCUT2D eigenvalue weighted by molar-refractivity contribution is 7.89. The monoisotopic (exact) mass is 317 g/mol. The van der Waals surface area contributed by atoms with Crippen molar-refractivity contribution < 1.29 is 32.6 Å². The van der Waals surface area contributed by atoms with Gasteiger partial charge >= 0.3 is 11.9 Å². The van der Waals surface area contributed by atoms with Crippen LogP contribution in [0, 0.1) is 0 Å². The zero-order valence-corrected chi connectivity index (χ0v) is 12.2. The molecular weight excluding hydrogens is 302 g/mol. The molecule has 8 nitrogen and oxygen atoms in total. The molecule has 1 aromatic carbocycles. The summed E-state index contributed by atoms with van der Waals surface area (Å²) in [5.41, 5.74) is -0.142. The Balaban J connectivity index is 3.04. The number of carbonyl (C=O) groups excluding carboxylic acids is 1. The highest BCUT2D eigenvalue weighted by Gasteiger charge is 2.25. The van der Waals surface area contributed by atoms with Gasteiger partial charge in [-0.1, -0.05) is 12.1 Å². The zero-order valence-electron chi connectivity index (χ0n) is 11.4. The van der Waals surface area contributed by atoms with Crippen LogP contribution in [0.15, 0.2) is 29.2 Å². The number of methoxy groups -OCH3 is 2. The number of ether oxygens (including phenoxy) is 2. The summed E-state index contributed by atoms with van der Waals surface area (Å²) in [7, 11) is -1.80. The molecule has 0 saturated carbocycles. The number of carboxylic acid groups (broad SMARTS) is 1. The molecule has 116 valence electrons. The van der Waals surface area contributed by atoms with Crippen molar-refractivity contribution in [2.45, 2.75) is 11.0 Å². The molecule has 0 aromatic heterocycles. The van der Waals surface area contributed by atoms with Gasteiger partial charge in [-0.15, -0.1) is 0 Å². The number of rotatable bonds is 7. The number of aliphatic carboxylic acids is 1. The summed E-state index contributed by atoms with van der Waals surface area (Å²) in [6, 6.07) is 5.44. The molecule has 1 atom stereocenters. The van der Waals surface area contributed by atoms with Gasteiger partial charge in [0.1, 0.15) is 0 Å². The van der Waals surface area contributed by atoms with Gasteiger partial charge in [-0.3, -0.25) is 0 Å². The fourth-order valence-electron chi connectivity index (χ4n) is 1.51. The number of esters is 1. The van der Waals surface area contributed by atoms with Crippen molar-refractivity contribution in [1.29, 1.82) is 0 Å². The van der Waals surface area contributed by atoms with Crippen LogP contribution in [0.5, 0.6) is 0 Å². The van der Waals surface area contributed by atoms with E-state index < -0.39 is 34.6 Å². The lowest BCUT2D eigenvalue weighted by Gasteiger charge is -2.13. The Morgan fingerprint density at radius 3 is 2.43 bits per heavy atom. The SMILES string of the molecule is COC(=O)c1ccccc1S(=O)(=O)NCC(OC)C(=O)O. The van der Waals surface area contributed by atoms with Crippen molar-refractivity contribution in [3.05, 3.63) is 29.8 Å². The van der Waals surface area contributed by atoms with Gasteiger partial charge in [-0.2, -0.15) is 0 Å². The number of hydrogen-bond donors (Lipinski definition) is 2. The van der Waals surface area contributed by atoms with E-state index >= 15 is 0 Å². The summed E-state index contributed by atoms with van der Waals surface area (Å²) in [5.74, 6) is -2.11. The van der Waals surface area contributed by atoms with E-state index in [4.69, 9.17) is 5.11 Å². The minimum atomic E-state index is -4.08. The van der Waals surface area contributed by atoms with Crippen molar-refractivity contribution in [2.24, 2.45) is 0 Å². The maximum atomic E-state index is 12.1. The molecule has 9 heteroatoms. The average molecular weight is 317 g/mol. The molecule has 0 aliphatic heterocycles. The molecule has 0 fully saturated rings. The number of hydrogen-bond acceptors (Lipinski definition) is 6. The van der Waals surface area contributed by atoms with Crippen LogP contribution < -0.4 is 4.72 Å². The van der Waals surface area contributed by atoms with Crippen LogP contribution in [0.3, 0.4) is 0 Å². The molecule has 0 aliphatic carbocycles. The topological polar surface area (TPSA) is 119 Å². The lowest BCUT2D eigenvalue weighted by atomic mass is 10.2. The van der Waals surface area contributed by atoms with E-state index in [1.807, 2.05) is 0 Å². The van der Waals surface area contributed by atoms with Crippen molar-refractivity contribution in [3.8, 4) is 0 Å². The predicted octanol–water partition coefficient (Wildman–Crippen LogP) is -0.149. The Morgan fingerprint density at radius 2 is 1.90 bits per heavy atom. The van der Waals surface area contributed by atoms with Gasteiger partial charge in [-0.25, -0.2) is 22.7 Å². The molecule has 2 N–H and O–H groups in total. The van der Waals surface area contributed by atoms with Gasteiger partial charge in [-0.05, 0) is 12.1 Å². The Hall–Kier alpha value is -1.97. The quantitative estimate of drug-likeness (QED) is 0.671. The molecule has 0 heterocycles. The van der Waals surface area contributed by atoms with Gasteiger partial charge in [0.25, 0.3) is 0 Å². The molecule has 21 heavy (non-hydrogen) atoms. The summed E-state index contributed by atoms with van der Waals surface area (Å²) >= 11 is 0. The molecular formula is C12H15NO7S. The fourth-order valence-corrected chi connectivity index (χ4v) is 2.74. The Bertz CT molecular complexity index is 626. The first kappa shape index (κ1) is 17.1. The van der Waals surface area contributed by atoms with E-state index in [1.165, 1.54) is 24.3 Å². The third kappa shape index (κ3) is 4.25. The minimum absolute atomic E-state index is 0.142. The van der Waals surface area contributed by atoms with E-state index in [1.54, 1.807) is 0 Å². The van der Waals surface area contributed by atoms with E-state index in [2.05, 4.69) is 14.2 Å². The van der Waals surface area contributed by atoms with Gasteiger partial charge in [0.05, 0.1) is 17.6 Å². The highest BCUT2D eigenvalue weighted by atomic mass is 32.2. The second-order valence-corrected chi connectivity index (χ2v) is 5.64. The lowest BCUT2D eigenvalue weighted by molar-refractivity contribution is -0.147. The Labute approximate surface area is 121 Å². The first-order valence-electron chi connectivity index (χ1n) is 5.76. The predicted molar refractivity (Wildman–Crippen MR) is 71.4 cm³/mol. The lowest BCUT2D eigenvalue weighted by Crippen LogP contribution is -2.38. The van der Waals surface area contributed by atoms with E-state index in [0.717, 1.165) is 14.2 Å². The van der Waals surface area contributed by atoms with Crippen LogP contribution in [0.25, 0.3) is 0 Å². The summed E-state index contributed by atoms with van der Waals surface area (Å²) < 4.78 is 35.5. The molecule has 0 radical (unpaired) electrons. The largest absolute Gasteiger partial charge is 0.479 e. The molecule has 0 spiro atoms.